The van der Waals surface area contributed by atoms with Crippen LogP contribution in [-0.2, 0) is 4.79 Å². The second kappa shape index (κ2) is 3.36. The topological polar surface area (TPSA) is 41.1 Å². The number of amides is 1. The van der Waals surface area contributed by atoms with Crippen molar-refractivity contribution in [2.24, 2.45) is 0 Å². The second-order valence-electron chi connectivity index (χ2n) is 2.53. The number of thiocarbonyl (C=S) groups is 1. The van der Waals surface area contributed by atoms with Crippen LogP contribution in [0.25, 0.3) is 0 Å². The molecule has 1 atom stereocenters. The third-order valence-electron chi connectivity index (χ3n) is 1.68. The molecule has 1 aromatic heterocycles. The van der Waals surface area contributed by atoms with Gasteiger partial charge in [0.25, 0.3) is 5.91 Å². The number of rotatable bonds is 1. The Hall–Kier alpha value is -0.460. The summed E-state index contributed by atoms with van der Waals surface area (Å²) in [6.45, 7) is 0. The van der Waals surface area contributed by atoms with Gasteiger partial charge >= 0.3 is 0 Å². The molecule has 6 heteroatoms. The van der Waals surface area contributed by atoms with Gasteiger partial charge in [-0.1, -0.05) is 0 Å². The van der Waals surface area contributed by atoms with Crippen LogP contribution in [-0.4, -0.2) is 11.0 Å². The third-order valence-corrected chi connectivity index (χ3v) is 3.84. The monoisotopic (exact) mass is 276 g/mol. The molecule has 0 spiro atoms. The van der Waals surface area contributed by atoms with E-state index >= 15 is 0 Å². The first-order valence-electron chi connectivity index (χ1n) is 3.53. The molecule has 0 aromatic carbocycles. The fourth-order valence-corrected chi connectivity index (χ4v) is 2.98. The summed E-state index contributed by atoms with van der Waals surface area (Å²) in [5.41, 5.74) is 0. The largest absolute Gasteiger partial charge is 0.346 e. The van der Waals surface area contributed by atoms with Crippen LogP contribution < -0.4 is 10.6 Å². The minimum absolute atomic E-state index is 0.0897. The van der Waals surface area contributed by atoms with Crippen LogP contribution in [0, 0.1) is 0 Å². The van der Waals surface area contributed by atoms with Gasteiger partial charge in [-0.3, -0.25) is 4.79 Å². The minimum atomic E-state index is -0.332. The first-order chi connectivity index (χ1) is 6.18. The number of carbonyl (C=O) groups is 1. The van der Waals surface area contributed by atoms with Crippen molar-refractivity contribution in [1.82, 2.24) is 10.6 Å². The van der Waals surface area contributed by atoms with Crippen LogP contribution in [0.3, 0.4) is 0 Å². The summed E-state index contributed by atoms with van der Waals surface area (Å²) >= 11 is 9.73. The van der Waals surface area contributed by atoms with Gasteiger partial charge in [0.15, 0.2) is 5.11 Å². The number of thiophene rings is 1. The van der Waals surface area contributed by atoms with Crippen molar-refractivity contribution in [3.63, 3.8) is 0 Å². The van der Waals surface area contributed by atoms with E-state index in [-0.39, 0.29) is 11.9 Å². The zero-order chi connectivity index (χ0) is 9.42. The molecule has 0 bridgehead atoms. The molecule has 2 heterocycles. The third kappa shape index (κ3) is 1.61. The molecule has 1 saturated heterocycles. The van der Waals surface area contributed by atoms with Gasteiger partial charge in [0.1, 0.15) is 6.04 Å². The van der Waals surface area contributed by atoms with Crippen molar-refractivity contribution in [3.8, 4) is 0 Å². The van der Waals surface area contributed by atoms with Gasteiger partial charge in [0.05, 0.1) is 4.88 Å². The lowest BCUT2D eigenvalue weighted by Gasteiger charge is -2.04. The van der Waals surface area contributed by atoms with E-state index in [0.29, 0.717) is 5.11 Å². The normalized spacial score (nSPS) is 21.5. The summed E-state index contributed by atoms with van der Waals surface area (Å²) in [4.78, 5) is 12.3. The molecule has 0 aliphatic carbocycles. The summed E-state index contributed by atoms with van der Waals surface area (Å²) in [6, 6.07) is 1.58. The van der Waals surface area contributed by atoms with Gasteiger partial charge in [-0.15, -0.1) is 11.3 Å². The Balaban J connectivity index is 2.32. The fraction of sp³-hybridized carbons (Fsp3) is 0.143. The SMILES string of the molecule is O=C1NC(=S)NC1c1sccc1Br. The van der Waals surface area contributed by atoms with Gasteiger partial charge in [0, 0.05) is 4.47 Å². The highest BCUT2D eigenvalue weighted by molar-refractivity contribution is 9.10. The summed E-state index contributed by atoms with van der Waals surface area (Å²) in [5.74, 6) is -0.0897. The van der Waals surface area contributed by atoms with Gasteiger partial charge in [0.2, 0.25) is 0 Å². The molecule has 0 radical (unpaired) electrons. The van der Waals surface area contributed by atoms with Gasteiger partial charge < -0.3 is 10.6 Å². The highest BCUT2D eigenvalue weighted by Gasteiger charge is 2.30. The number of hydrogen-bond acceptors (Lipinski definition) is 3. The minimum Gasteiger partial charge on any atom is -0.346 e. The molecule has 1 amide bonds. The molecule has 13 heavy (non-hydrogen) atoms. The molecule has 3 nitrogen and oxygen atoms in total. The van der Waals surface area contributed by atoms with E-state index in [2.05, 4.69) is 26.6 Å². The molecule has 1 unspecified atom stereocenters. The van der Waals surface area contributed by atoms with Crippen LogP contribution >= 0.6 is 39.5 Å². The summed E-state index contributed by atoms with van der Waals surface area (Å²) < 4.78 is 0.940. The Morgan fingerprint density at radius 3 is 2.85 bits per heavy atom. The number of carbonyl (C=O) groups excluding carboxylic acids is 1. The number of hydrogen-bond donors (Lipinski definition) is 2. The Kier molecular flexibility index (Phi) is 2.35. The molecular formula is C7H5BrN2OS2. The maximum absolute atomic E-state index is 11.4. The van der Waals surface area contributed by atoms with E-state index in [1.807, 2.05) is 11.4 Å². The predicted octanol–water partition coefficient (Wildman–Crippen LogP) is 1.56. The van der Waals surface area contributed by atoms with Crippen molar-refractivity contribution < 1.29 is 4.79 Å². The van der Waals surface area contributed by atoms with Crippen molar-refractivity contribution in [2.45, 2.75) is 6.04 Å². The molecule has 1 fully saturated rings. The molecule has 0 saturated carbocycles. The van der Waals surface area contributed by atoms with E-state index < -0.39 is 0 Å². The van der Waals surface area contributed by atoms with E-state index in [1.54, 1.807) is 0 Å². The predicted molar refractivity (Wildman–Crippen MR) is 58.6 cm³/mol. The van der Waals surface area contributed by atoms with Crippen LogP contribution in [0.2, 0.25) is 0 Å². The van der Waals surface area contributed by atoms with E-state index in [0.717, 1.165) is 9.35 Å². The van der Waals surface area contributed by atoms with Crippen LogP contribution in [0.1, 0.15) is 10.9 Å². The molecule has 2 N–H and O–H groups in total. The van der Waals surface area contributed by atoms with Crippen molar-refractivity contribution in [2.75, 3.05) is 0 Å². The lowest BCUT2D eigenvalue weighted by atomic mass is 10.2. The standard InChI is InChI=1S/C7H5BrN2OS2/c8-3-1-2-13-5(3)4-6(11)10-7(12)9-4/h1-2,4H,(H2,9,10,11,12). The highest BCUT2D eigenvalue weighted by atomic mass is 79.9. The molecule has 68 valence electrons. The van der Waals surface area contributed by atoms with Gasteiger partial charge in [-0.2, -0.15) is 0 Å². The summed E-state index contributed by atoms with van der Waals surface area (Å²) in [6.07, 6.45) is 0. The summed E-state index contributed by atoms with van der Waals surface area (Å²) in [7, 11) is 0. The Bertz CT molecular complexity index is 376. The zero-order valence-electron chi connectivity index (χ0n) is 6.33. The Labute approximate surface area is 92.6 Å². The average molecular weight is 277 g/mol. The Morgan fingerprint density at radius 1 is 1.62 bits per heavy atom. The molecule has 2 rings (SSSR count). The average Bonchev–Trinajstić information content (AvgIpc) is 2.58. The smallest absolute Gasteiger partial charge is 0.254 e. The molecular weight excluding hydrogens is 272 g/mol. The van der Waals surface area contributed by atoms with Crippen molar-refractivity contribution in [3.05, 3.63) is 20.8 Å². The quantitative estimate of drug-likeness (QED) is 0.765. The maximum Gasteiger partial charge on any atom is 0.254 e. The molecule has 1 aliphatic heterocycles. The second-order valence-corrected chi connectivity index (χ2v) is 4.74. The highest BCUT2D eigenvalue weighted by Crippen LogP contribution is 2.30. The fourth-order valence-electron chi connectivity index (χ4n) is 1.11. The van der Waals surface area contributed by atoms with Crippen molar-refractivity contribution >= 4 is 50.5 Å². The first-order valence-corrected chi connectivity index (χ1v) is 5.61. The van der Waals surface area contributed by atoms with E-state index in [1.165, 1.54) is 11.3 Å². The van der Waals surface area contributed by atoms with E-state index in [9.17, 15) is 4.79 Å². The molecule has 1 aromatic rings. The number of nitrogens with one attached hydrogen (secondary N) is 2. The Morgan fingerprint density at radius 2 is 2.38 bits per heavy atom. The van der Waals surface area contributed by atoms with Gasteiger partial charge in [-0.25, -0.2) is 0 Å². The zero-order valence-corrected chi connectivity index (χ0v) is 9.55. The summed E-state index contributed by atoms with van der Waals surface area (Å²) in [5, 5.41) is 7.77. The lowest BCUT2D eigenvalue weighted by Crippen LogP contribution is -2.21. The van der Waals surface area contributed by atoms with Crippen molar-refractivity contribution in [1.29, 1.82) is 0 Å². The van der Waals surface area contributed by atoms with E-state index in [4.69, 9.17) is 12.2 Å². The first kappa shape index (κ1) is 9.11. The lowest BCUT2D eigenvalue weighted by molar-refractivity contribution is -0.120. The number of halogens is 1. The van der Waals surface area contributed by atoms with Crippen LogP contribution in [0.15, 0.2) is 15.9 Å². The van der Waals surface area contributed by atoms with Gasteiger partial charge in [-0.05, 0) is 39.6 Å². The van der Waals surface area contributed by atoms with Crippen LogP contribution in [0.4, 0.5) is 0 Å². The molecule has 1 aliphatic rings. The maximum atomic E-state index is 11.4. The van der Waals surface area contributed by atoms with Crippen LogP contribution in [0.5, 0.6) is 0 Å².